The molecule has 0 spiro atoms. The summed E-state index contributed by atoms with van der Waals surface area (Å²) < 4.78 is 4.82. The summed E-state index contributed by atoms with van der Waals surface area (Å²) in [5.74, 6) is 1.73. The molecule has 7 aromatic rings. The van der Waals surface area contributed by atoms with Gasteiger partial charge in [0.25, 0.3) is 6.33 Å². The molecule has 0 amide bonds. The first kappa shape index (κ1) is 28.8. The van der Waals surface area contributed by atoms with Gasteiger partial charge in [-0.05, 0) is 111 Å². The second-order valence-electron chi connectivity index (χ2n) is 14.5. The van der Waals surface area contributed by atoms with Crippen LogP contribution in [-0.4, -0.2) is 9.38 Å². The van der Waals surface area contributed by atoms with Gasteiger partial charge in [0.15, 0.2) is 5.52 Å². The number of hydrogen-bond donors (Lipinski definition) is 0. The lowest BCUT2D eigenvalue weighted by Gasteiger charge is -2.24. The average Bonchev–Trinajstić information content (AvgIpc) is 3.31. The van der Waals surface area contributed by atoms with E-state index in [0.29, 0.717) is 23.7 Å². The van der Waals surface area contributed by atoms with E-state index in [-0.39, 0.29) is 0 Å². The smallest absolute Gasteiger partial charge is 0.287 e. The molecule has 0 unspecified atom stereocenters. The molecule has 7 rings (SSSR count). The molecule has 0 radical (unpaired) electrons. The van der Waals surface area contributed by atoms with Crippen molar-refractivity contribution in [1.29, 1.82) is 0 Å². The van der Waals surface area contributed by atoms with Crippen LogP contribution in [0.5, 0.6) is 0 Å². The van der Waals surface area contributed by atoms with Crippen LogP contribution >= 0.6 is 0 Å². The van der Waals surface area contributed by atoms with Crippen LogP contribution in [0.25, 0.3) is 60.3 Å². The number of fused-ring (bicyclic) bond motifs is 5. The minimum Gasteiger partial charge on any atom is -0.307 e. The third-order valence-electron chi connectivity index (χ3n) is 10.2. The maximum atomic E-state index is 5.11. The van der Waals surface area contributed by atoms with Crippen molar-refractivity contribution in [2.45, 2.75) is 92.9 Å². The summed E-state index contributed by atoms with van der Waals surface area (Å²) in [7, 11) is 2.16. The summed E-state index contributed by atoms with van der Waals surface area (Å²) in [5, 5.41) is 5.32. The summed E-state index contributed by atoms with van der Waals surface area (Å²) >= 11 is 0. The zero-order chi connectivity index (χ0) is 31.4. The summed E-state index contributed by atoms with van der Waals surface area (Å²) in [5.41, 5.74) is 17.2. The lowest BCUT2D eigenvalue weighted by atomic mass is 9.81. The van der Waals surface area contributed by atoms with Gasteiger partial charge in [-0.15, -0.1) is 0 Å². The van der Waals surface area contributed by atoms with Crippen molar-refractivity contribution < 1.29 is 4.57 Å². The number of pyridine rings is 1. The number of rotatable bonds is 5. The standard InChI is InChI=1S/C41H46N3/c1-21(2)27-16-30(23(5)6)37(31(17-27)24(7)8)28-18-33-39-35(19-28)44-34-14-12-13-29(22(3)4)38(34)32-15-25(9)26(10)36(40(32)44)41(39)43(11)20-42-33/h12-24H,1-11H3/q+1. The number of nitrogens with zero attached hydrogens (tertiary/aromatic N) is 3. The maximum absolute atomic E-state index is 5.11. The molecular formula is C41H46N3+. The molecule has 0 bridgehead atoms. The highest BCUT2D eigenvalue weighted by Gasteiger charge is 2.28. The van der Waals surface area contributed by atoms with Crippen LogP contribution in [0.1, 0.15) is 112 Å². The highest BCUT2D eigenvalue weighted by molar-refractivity contribution is 6.26. The topological polar surface area (TPSA) is 21.2 Å². The lowest BCUT2D eigenvalue weighted by Crippen LogP contribution is -2.30. The maximum Gasteiger partial charge on any atom is 0.287 e. The van der Waals surface area contributed by atoms with Crippen LogP contribution < -0.4 is 4.57 Å². The van der Waals surface area contributed by atoms with E-state index in [0.717, 1.165) is 5.52 Å². The Morgan fingerprint density at radius 2 is 1.34 bits per heavy atom. The fourth-order valence-corrected chi connectivity index (χ4v) is 7.75. The molecule has 224 valence electrons. The van der Waals surface area contributed by atoms with E-state index in [1.807, 2.05) is 6.33 Å². The Labute approximate surface area is 261 Å². The van der Waals surface area contributed by atoms with Crippen LogP contribution in [0, 0.1) is 13.8 Å². The Kier molecular flexibility index (Phi) is 6.55. The second kappa shape index (κ2) is 10.0. The molecule has 4 aromatic carbocycles. The number of aryl methyl sites for hydroxylation is 3. The number of hydrogen-bond acceptors (Lipinski definition) is 1. The lowest BCUT2D eigenvalue weighted by molar-refractivity contribution is -0.646. The minimum atomic E-state index is 0.407. The van der Waals surface area contributed by atoms with Crippen molar-refractivity contribution in [1.82, 2.24) is 9.38 Å². The number of benzene rings is 4. The van der Waals surface area contributed by atoms with Crippen molar-refractivity contribution in [2.24, 2.45) is 7.05 Å². The predicted molar refractivity (Wildman–Crippen MR) is 189 cm³/mol. The normalized spacial score (nSPS) is 12.8. The Balaban J connectivity index is 1.76. The minimum absolute atomic E-state index is 0.407. The van der Waals surface area contributed by atoms with E-state index in [2.05, 4.69) is 134 Å². The first-order valence-corrected chi connectivity index (χ1v) is 16.5. The molecule has 0 saturated carbocycles. The predicted octanol–water partition coefficient (Wildman–Crippen LogP) is 11.0. The monoisotopic (exact) mass is 580 g/mol. The molecule has 0 aliphatic carbocycles. The van der Waals surface area contributed by atoms with Gasteiger partial charge in [-0.25, -0.2) is 4.57 Å². The Morgan fingerprint density at radius 1 is 0.682 bits per heavy atom. The zero-order valence-electron chi connectivity index (χ0n) is 28.3. The molecule has 3 heterocycles. The Morgan fingerprint density at radius 3 is 1.95 bits per heavy atom. The molecule has 44 heavy (non-hydrogen) atoms. The van der Waals surface area contributed by atoms with Crippen LogP contribution in [0.2, 0.25) is 0 Å². The summed E-state index contributed by atoms with van der Waals surface area (Å²) in [6.45, 7) is 23.2. The van der Waals surface area contributed by atoms with Gasteiger partial charge in [-0.3, -0.25) is 0 Å². The van der Waals surface area contributed by atoms with Gasteiger partial charge in [-0.2, -0.15) is 0 Å². The Bertz CT molecular complexity index is 2230. The molecule has 0 aliphatic heterocycles. The molecule has 3 aromatic heterocycles. The van der Waals surface area contributed by atoms with Gasteiger partial charge >= 0.3 is 0 Å². The molecule has 3 heteroatoms. The molecule has 0 N–H and O–H groups in total. The van der Waals surface area contributed by atoms with Gasteiger partial charge in [0.1, 0.15) is 5.52 Å². The zero-order valence-corrected chi connectivity index (χ0v) is 28.3. The summed E-state index contributed by atoms with van der Waals surface area (Å²) in [4.78, 5) is 5.11. The molecule has 0 atom stereocenters. The summed E-state index contributed by atoms with van der Waals surface area (Å²) in [6.07, 6.45) is 2.02. The van der Waals surface area contributed by atoms with E-state index >= 15 is 0 Å². The molecule has 0 saturated heterocycles. The molecule has 0 aliphatic rings. The van der Waals surface area contributed by atoms with E-state index in [4.69, 9.17) is 4.98 Å². The quantitative estimate of drug-likeness (QED) is 0.113. The fraction of sp³-hybridized carbons (Fsp3) is 0.366. The van der Waals surface area contributed by atoms with E-state index in [1.165, 1.54) is 88.1 Å². The van der Waals surface area contributed by atoms with Crippen molar-refractivity contribution in [3.63, 3.8) is 0 Å². The molecular weight excluding hydrogens is 534 g/mol. The van der Waals surface area contributed by atoms with Crippen LogP contribution in [-0.2, 0) is 7.05 Å². The van der Waals surface area contributed by atoms with Crippen molar-refractivity contribution >= 4 is 49.1 Å². The van der Waals surface area contributed by atoms with Crippen LogP contribution in [0.3, 0.4) is 0 Å². The van der Waals surface area contributed by atoms with Crippen molar-refractivity contribution in [3.05, 3.63) is 88.2 Å². The largest absolute Gasteiger partial charge is 0.307 e. The highest BCUT2D eigenvalue weighted by Crippen LogP contribution is 2.46. The molecule has 3 nitrogen and oxygen atoms in total. The third-order valence-corrected chi connectivity index (χ3v) is 10.2. The van der Waals surface area contributed by atoms with Gasteiger partial charge in [0, 0.05) is 10.8 Å². The second-order valence-corrected chi connectivity index (χ2v) is 14.5. The SMILES string of the molecule is Cc1cc2c3c(C(C)C)cccc3n3c4cc(-c5c(C(C)C)cc(C(C)C)cc5C(C)C)cc5nc[n+](C)c(c(c1C)c23)c54. The first-order valence-electron chi connectivity index (χ1n) is 16.5. The van der Waals surface area contributed by atoms with Gasteiger partial charge < -0.3 is 4.40 Å². The van der Waals surface area contributed by atoms with Crippen LogP contribution in [0.15, 0.2) is 54.9 Å². The molecule has 0 fully saturated rings. The Hall–Kier alpha value is -3.98. The van der Waals surface area contributed by atoms with Crippen molar-refractivity contribution in [3.8, 4) is 11.1 Å². The summed E-state index contributed by atoms with van der Waals surface area (Å²) in [6, 6.07) is 19.1. The van der Waals surface area contributed by atoms with Crippen LogP contribution in [0.4, 0.5) is 0 Å². The first-order chi connectivity index (χ1) is 20.9. The van der Waals surface area contributed by atoms with Gasteiger partial charge in [-0.1, -0.05) is 79.7 Å². The fourth-order valence-electron chi connectivity index (χ4n) is 7.75. The van der Waals surface area contributed by atoms with Gasteiger partial charge in [0.2, 0.25) is 0 Å². The van der Waals surface area contributed by atoms with Crippen molar-refractivity contribution in [2.75, 3.05) is 0 Å². The average molecular weight is 581 g/mol. The number of aromatic nitrogens is 3. The van der Waals surface area contributed by atoms with E-state index < -0.39 is 0 Å². The van der Waals surface area contributed by atoms with E-state index in [1.54, 1.807) is 0 Å². The van der Waals surface area contributed by atoms with E-state index in [9.17, 15) is 0 Å². The highest BCUT2D eigenvalue weighted by atomic mass is 15.0. The van der Waals surface area contributed by atoms with Gasteiger partial charge in [0.05, 0.1) is 34.4 Å². The third kappa shape index (κ3) is 3.94.